The van der Waals surface area contributed by atoms with E-state index in [0.29, 0.717) is 0 Å². The number of methoxy groups -OCH3 is 1. The van der Waals surface area contributed by atoms with E-state index in [1.807, 2.05) is 12.1 Å². The maximum absolute atomic E-state index is 5.30. The molecule has 144 valence electrons. The minimum absolute atomic E-state index is 0.112. The molecule has 1 aliphatic rings. The van der Waals surface area contributed by atoms with Gasteiger partial charge in [-0.1, -0.05) is 70.5 Å². The van der Waals surface area contributed by atoms with Crippen LogP contribution >= 0.6 is 15.9 Å². The van der Waals surface area contributed by atoms with Crippen molar-refractivity contribution in [3.05, 3.63) is 83.9 Å². The lowest BCUT2D eigenvalue weighted by Crippen LogP contribution is -2.43. The van der Waals surface area contributed by atoms with Gasteiger partial charge in [0.05, 0.1) is 7.11 Å². The van der Waals surface area contributed by atoms with Gasteiger partial charge in [-0.15, -0.1) is 0 Å². The smallest absolute Gasteiger partial charge is 0.118 e. The molecular formula is C24H25BrN2O. The van der Waals surface area contributed by atoms with Crippen molar-refractivity contribution in [2.24, 2.45) is 0 Å². The van der Waals surface area contributed by atoms with Crippen molar-refractivity contribution in [2.45, 2.75) is 19.1 Å². The van der Waals surface area contributed by atoms with Crippen LogP contribution in [0.3, 0.4) is 0 Å². The highest BCUT2D eigenvalue weighted by Crippen LogP contribution is 2.44. The van der Waals surface area contributed by atoms with Crippen LogP contribution in [0.2, 0.25) is 0 Å². The predicted molar refractivity (Wildman–Crippen MR) is 120 cm³/mol. The van der Waals surface area contributed by atoms with E-state index in [9.17, 15) is 0 Å². The molecule has 0 amide bonds. The lowest BCUT2D eigenvalue weighted by Gasteiger charge is -2.41. The number of fused-ring (bicyclic) bond motifs is 3. The molecule has 4 heteroatoms. The third-order valence-electron chi connectivity index (χ3n) is 5.42. The second kappa shape index (κ2) is 8.38. The summed E-state index contributed by atoms with van der Waals surface area (Å²) in [5, 5.41) is 4.78. The fourth-order valence-electron chi connectivity index (χ4n) is 3.99. The number of para-hydroxylation sites is 1. The van der Waals surface area contributed by atoms with Crippen LogP contribution in [0.15, 0.2) is 72.8 Å². The summed E-state index contributed by atoms with van der Waals surface area (Å²) >= 11 is 3.65. The Morgan fingerprint density at radius 1 is 0.964 bits per heavy atom. The average molecular weight is 437 g/mol. The monoisotopic (exact) mass is 436 g/mol. The highest BCUT2D eigenvalue weighted by molar-refractivity contribution is 9.09. The fraction of sp³-hybridized carbons (Fsp3) is 0.250. The van der Waals surface area contributed by atoms with Crippen LogP contribution in [-0.2, 0) is 0 Å². The van der Waals surface area contributed by atoms with Crippen LogP contribution in [0.5, 0.6) is 5.75 Å². The first kappa shape index (κ1) is 19.0. The van der Waals surface area contributed by atoms with Crippen LogP contribution in [0, 0.1) is 0 Å². The third kappa shape index (κ3) is 3.54. The summed E-state index contributed by atoms with van der Waals surface area (Å²) in [6.45, 7) is 3.15. The van der Waals surface area contributed by atoms with Crippen molar-refractivity contribution in [3.8, 4) is 16.9 Å². The first-order chi connectivity index (χ1) is 13.7. The highest BCUT2D eigenvalue weighted by atomic mass is 79.9. The maximum Gasteiger partial charge on any atom is 0.118 e. The molecule has 0 bridgehead atoms. The minimum atomic E-state index is 0.112. The van der Waals surface area contributed by atoms with Crippen LogP contribution in [-0.4, -0.2) is 19.0 Å². The zero-order valence-electron chi connectivity index (χ0n) is 16.2. The molecule has 28 heavy (non-hydrogen) atoms. The lowest BCUT2D eigenvalue weighted by molar-refractivity contribution is 0.413. The second-order valence-electron chi connectivity index (χ2n) is 7.05. The van der Waals surface area contributed by atoms with Crippen molar-refractivity contribution in [1.29, 1.82) is 0 Å². The number of nitrogens with zero attached hydrogens (tertiary/aromatic N) is 1. The summed E-state index contributed by atoms with van der Waals surface area (Å²) in [5.74, 6) is 0.883. The molecule has 3 aromatic carbocycles. The molecule has 0 fully saturated rings. The van der Waals surface area contributed by atoms with E-state index in [4.69, 9.17) is 4.74 Å². The van der Waals surface area contributed by atoms with Crippen molar-refractivity contribution < 1.29 is 4.74 Å². The highest BCUT2D eigenvalue weighted by Gasteiger charge is 2.31. The Hall–Kier alpha value is -2.30. The van der Waals surface area contributed by atoms with Gasteiger partial charge in [-0.2, -0.15) is 0 Å². The maximum atomic E-state index is 5.30. The van der Waals surface area contributed by atoms with Gasteiger partial charge < -0.3 is 9.64 Å². The molecule has 0 radical (unpaired) electrons. The van der Waals surface area contributed by atoms with Gasteiger partial charge in [0.15, 0.2) is 0 Å². The third-order valence-corrected chi connectivity index (χ3v) is 5.77. The first-order valence-corrected chi connectivity index (χ1v) is 10.8. The van der Waals surface area contributed by atoms with E-state index in [2.05, 4.69) is 93.7 Å². The van der Waals surface area contributed by atoms with Gasteiger partial charge in [0.2, 0.25) is 0 Å². The number of halogens is 1. The number of hydrogen-bond donors (Lipinski definition) is 1. The van der Waals surface area contributed by atoms with Crippen LogP contribution in [0.1, 0.15) is 30.3 Å². The zero-order valence-corrected chi connectivity index (χ0v) is 17.8. The molecular weight excluding hydrogens is 412 g/mol. The van der Waals surface area contributed by atoms with Gasteiger partial charge >= 0.3 is 0 Å². The van der Waals surface area contributed by atoms with E-state index in [1.54, 1.807) is 7.11 Å². The molecule has 1 heterocycles. The van der Waals surface area contributed by atoms with E-state index in [-0.39, 0.29) is 12.2 Å². The van der Waals surface area contributed by atoms with E-state index in [0.717, 1.165) is 17.6 Å². The van der Waals surface area contributed by atoms with Gasteiger partial charge in [0.1, 0.15) is 11.9 Å². The molecule has 3 nitrogen and oxygen atoms in total. The minimum Gasteiger partial charge on any atom is -0.497 e. The number of hydrogen-bond acceptors (Lipinski definition) is 3. The quantitative estimate of drug-likeness (QED) is 0.484. The normalized spacial score (nSPS) is 16.2. The van der Waals surface area contributed by atoms with E-state index in [1.165, 1.54) is 27.9 Å². The zero-order chi connectivity index (χ0) is 19.5. The predicted octanol–water partition coefficient (Wildman–Crippen LogP) is 5.93. The molecule has 0 spiro atoms. The standard InChI is InChI=1S/C24H25BrN2O/c1-17(18-11-13-19(28-2)14-12-18)26-24-22-9-4-3-7-20(22)21-8-5-6-10-23(21)27(24)16-15-25/h3-14,17,24,26H,15-16H2,1-2H3/t17-,24?/m1/s1. The van der Waals surface area contributed by atoms with E-state index < -0.39 is 0 Å². The molecule has 0 saturated carbocycles. The number of nitrogens with one attached hydrogen (secondary N) is 1. The Balaban J connectivity index is 1.71. The van der Waals surface area contributed by atoms with Gasteiger partial charge in [-0.25, -0.2) is 0 Å². The molecule has 0 aliphatic carbocycles. The molecule has 2 atom stereocenters. The Morgan fingerprint density at radius 3 is 2.36 bits per heavy atom. The first-order valence-electron chi connectivity index (χ1n) is 9.64. The number of benzene rings is 3. The molecule has 1 N–H and O–H groups in total. The summed E-state index contributed by atoms with van der Waals surface area (Å²) in [6.07, 6.45) is 0.112. The lowest BCUT2D eigenvalue weighted by atomic mass is 9.90. The molecule has 3 aromatic rings. The van der Waals surface area contributed by atoms with Crippen LogP contribution < -0.4 is 15.0 Å². The topological polar surface area (TPSA) is 24.5 Å². The summed E-state index contributed by atoms with van der Waals surface area (Å²) in [7, 11) is 1.70. The van der Waals surface area contributed by atoms with Gasteiger partial charge in [-0.3, -0.25) is 5.32 Å². The Morgan fingerprint density at radius 2 is 1.64 bits per heavy atom. The number of ether oxygens (including phenoxy) is 1. The summed E-state index contributed by atoms with van der Waals surface area (Å²) < 4.78 is 5.30. The van der Waals surface area contributed by atoms with E-state index >= 15 is 0 Å². The molecule has 4 rings (SSSR count). The fourth-order valence-corrected chi connectivity index (χ4v) is 4.37. The van der Waals surface area contributed by atoms with Crippen molar-refractivity contribution >= 4 is 21.6 Å². The molecule has 1 aliphatic heterocycles. The Kier molecular flexibility index (Phi) is 5.69. The molecule has 0 saturated heterocycles. The van der Waals surface area contributed by atoms with Gasteiger partial charge in [-0.05, 0) is 41.8 Å². The second-order valence-corrected chi connectivity index (χ2v) is 7.84. The molecule has 1 unspecified atom stereocenters. The largest absolute Gasteiger partial charge is 0.497 e. The van der Waals surface area contributed by atoms with Crippen molar-refractivity contribution in [2.75, 3.05) is 23.9 Å². The number of rotatable bonds is 6. The van der Waals surface area contributed by atoms with Gasteiger partial charge in [0, 0.05) is 29.2 Å². The van der Waals surface area contributed by atoms with Crippen molar-refractivity contribution in [1.82, 2.24) is 5.32 Å². The summed E-state index contributed by atoms with van der Waals surface area (Å²) in [5.41, 5.74) is 6.45. The summed E-state index contributed by atoms with van der Waals surface area (Å²) in [6, 6.07) is 25.9. The Labute approximate surface area is 175 Å². The van der Waals surface area contributed by atoms with Crippen LogP contribution in [0.4, 0.5) is 5.69 Å². The average Bonchev–Trinajstić information content (AvgIpc) is 2.76. The number of alkyl halides is 1. The van der Waals surface area contributed by atoms with Crippen molar-refractivity contribution in [3.63, 3.8) is 0 Å². The Bertz CT molecular complexity index is 941. The van der Waals surface area contributed by atoms with Crippen LogP contribution in [0.25, 0.3) is 11.1 Å². The molecule has 0 aromatic heterocycles. The van der Waals surface area contributed by atoms with Gasteiger partial charge in [0.25, 0.3) is 0 Å². The SMILES string of the molecule is COc1ccc([C@@H](C)NC2c3ccccc3-c3ccccc3N2CCBr)cc1. The summed E-state index contributed by atoms with van der Waals surface area (Å²) in [4.78, 5) is 2.46. The number of anilines is 1.